The Morgan fingerprint density at radius 2 is 2.15 bits per heavy atom. The first-order valence-corrected chi connectivity index (χ1v) is 4.76. The lowest BCUT2D eigenvalue weighted by molar-refractivity contribution is -0.125. The molecule has 1 aromatic rings. The van der Waals surface area contributed by atoms with Gasteiger partial charge in [0.05, 0.1) is 0 Å². The van der Waals surface area contributed by atoms with E-state index in [-0.39, 0.29) is 5.78 Å². The van der Waals surface area contributed by atoms with Crippen molar-refractivity contribution in [3.05, 3.63) is 33.8 Å². The number of carbonyl (C=O) groups is 1. The van der Waals surface area contributed by atoms with Crippen LogP contribution in [0.5, 0.6) is 0 Å². The van der Waals surface area contributed by atoms with Gasteiger partial charge >= 0.3 is 0 Å². The average molecular weight is 243 g/mol. The third-order valence-electron chi connectivity index (χ3n) is 1.92. The molecule has 0 fully saturated rings. The van der Waals surface area contributed by atoms with E-state index >= 15 is 0 Å². The second-order valence-corrected chi connectivity index (χ2v) is 3.93. The van der Waals surface area contributed by atoms with Crippen LogP contribution in [0.2, 0.25) is 0 Å². The van der Waals surface area contributed by atoms with Gasteiger partial charge in [0.25, 0.3) is 0 Å². The van der Waals surface area contributed by atoms with E-state index in [2.05, 4.69) is 15.9 Å². The van der Waals surface area contributed by atoms with E-state index in [0.717, 1.165) is 10.0 Å². The molecule has 0 aliphatic heterocycles. The first-order valence-electron chi connectivity index (χ1n) is 3.97. The Kier molecular flexibility index (Phi) is 3.22. The molecule has 13 heavy (non-hydrogen) atoms. The van der Waals surface area contributed by atoms with Crippen LogP contribution < -0.4 is 0 Å². The normalized spacial score (nSPS) is 12.6. The fraction of sp³-hybridized carbons (Fsp3) is 0.300. The highest BCUT2D eigenvalue weighted by atomic mass is 79.9. The molecule has 0 bridgehead atoms. The molecule has 0 aliphatic rings. The molecule has 0 aliphatic carbocycles. The Bertz CT molecular complexity index is 334. The molecule has 0 heterocycles. The van der Waals surface area contributed by atoms with Crippen molar-refractivity contribution in [3.8, 4) is 0 Å². The molecule has 70 valence electrons. The van der Waals surface area contributed by atoms with Crippen LogP contribution >= 0.6 is 15.9 Å². The maximum atomic E-state index is 10.9. The highest BCUT2D eigenvalue weighted by Crippen LogP contribution is 2.22. The highest BCUT2D eigenvalue weighted by Gasteiger charge is 2.14. The van der Waals surface area contributed by atoms with Gasteiger partial charge in [-0.2, -0.15) is 0 Å². The second kappa shape index (κ2) is 4.03. The molecule has 0 saturated heterocycles. The van der Waals surface area contributed by atoms with Crippen LogP contribution in [-0.4, -0.2) is 10.9 Å². The molecular weight excluding hydrogens is 232 g/mol. The number of aryl methyl sites for hydroxylation is 1. The van der Waals surface area contributed by atoms with Crippen LogP contribution in [-0.2, 0) is 4.79 Å². The maximum Gasteiger partial charge on any atom is 0.162 e. The van der Waals surface area contributed by atoms with Crippen LogP contribution in [0, 0.1) is 6.92 Å². The number of carbonyl (C=O) groups excluding carboxylic acids is 1. The summed E-state index contributed by atoms with van der Waals surface area (Å²) >= 11 is 3.29. The Hall–Kier alpha value is -0.670. The van der Waals surface area contributed by atoms with Crippen molar-refractivity contribution in [2.45, 2.75) is 20.0 Å². The van der Waals surface area contributed by atoms with Gasteiger partial charge in [-0.25, -0.2) is 0 Å². The molecule has 1 rings (SSSR count). The minimum absolute atomic E-state index is 0.235. The van der Waals surface area contributed by atoms with Gasteiger partial charge in [-0.05, 0) is 37.1 Å². The summed E-state index contributed by atoms with van der Waals surface area (Å²) in [6, 6.07) is 5.51. The van der Waals surface area contributed by atoms with Crippen molar-refractivity contribution in [1.29, 1.82) is 0 Å². The Morgan fingerprint density at radius 1 is 1.54 bits per heavy atom. The minimum Gasteiger partial charge on any atom is -0.381 e. The van der Waals surface area contributed by atoms with Crippen LogP contribution in [0.3, 0.4) is 0 Å². The van der Waals surface area contributed by atoms with Gasteiger partial charge in [0.2, 0.25) is 0 Å². The number of Topliss-reactive ketones (excluding diaryl/α,β-unsaturated/α-hetero) is 1. The summed E-state index contributed by atoms with van der Waals surface area (Å²) in [6.45, 7) is 3.25. The number of hydrogen-bond acceptors (Lipinski definition) is 2. The van der Waals surface area contributed by atoms with E-state index < -0.39 is 6.10 Å². The van der Waals surface area contributed by atoms with E-state index in [9.17, 15) is 9.90 Å². The zero-order chi connectivity index (χ0) is 10.0. The van der Waals surface area contributed by atoms with Crippen LogP contribution in [0.25, 0.3) is 0 Å². The Balaban J connectivity index is 3.12. The fourth-order valence-electron chi connectivity index (χ4n) is 1.12. The molecule has 1 atom stereocenters. The summed E-state index contributed by atoms with van der Waals surface area (Å²) in [7, 11) is 0. The Labute approximate surface area is 85.7 Å². The van der Waals surface area contributed by atoms with Crippen molar-refractivity contribution in [1.82, 2.24) is 0 Å². The molecule has 0 saturated carbocycles. The molecule has 0 aromatic heterocycles. The van der Waals surface area contributed by atoms with E-state index in [0.29, 0.717) is 5.56 Å². The predicted molar refractivity (Wildman–Crippen MR) is 54.5 cm³/mol. The van der Waals surface area contributed by atoms with Crippen molar-refractivity contribution in [2.24, 2.45) is 0 Å². The maximum absolute atomic E-state index is 10.9. The van der Waals surface area contributed by atoms with Gasteiger partial charge in [0, 0.05) is 4.47 Å². The molecule has 1 unspecified atom stereocenters. The third-order valence-corrected chi connectivity index (χ3v) is 2.41. The smallest absolute Gasteiger partial charge is 0.162 e. The number of hydrogen-bond donors (Lipinski definition) is 1. The lowest BCUT2D eigenvalue weighted by Crippen LogP contribution is -2.08. The molecule has 1 N–H and O–H groups in total. The SMILES string of the molecule is CC(=O)C(O)c1cc(Br)ccc1C. The van der Waals surface area contributed by atoms with Crippen LogP contribution in [0.1, 0.15) is 24.2 Å². The van der Waals surface area contributed by atoms with Gasteiger partial charge in [0.1, 0.15) is 6.10 Å². The molecule has 0 amide bonds. The lowest BCUT2D eigenvalue weighted by Gasteiger charge is -2.10. The van der Waals surface area contributed by atoms with Gasteiger partial charge in [0.15, 0.2) is 5.78 Å². The summed E-state index contributed by atoms with van der Waals surface area (Å²) in [5.74, 6) is -0.235. The molecule has 3 heteroatoms. The lowest BCUT2D eigenvalue weighted by atomic mass is 10.0. The summed E-state index contributed by atoms with van der Waals surface area (Å²) in [5, 5.41) is 9.53. The topological polar surface area (TPSA) is 37.3 Å². The zero-order valence-corrected chi connectivity index (χ0v) is 9.13. The predicted octanol–water partition coefficient (Wildman–Crippen LogP) is 2.38. The zero-order valence-electron chi connectivity index (χ0n) is 7.54. The van der Waals surface area contributed by atoms with Crippen molar-refractivity contribution < 1.29 is 9.90 Å². The summed E-state index contributed by atoms with van der Waals surface area (Å²) in [6.07, 6.45) is -1.00. The van der Waals surface area contributed by atoms with E-state index in [4.69, 9.17) is 0 Å². The van der Waals surface area contributed by atoms with E-state index in [1.54, 1.807) is 6.07 Å². The van der Waals surface area contributed by atoms with Gasteiger partial charge in [-0.3, -0.25) is 4.79 Å². The molecule has 1 aromatic carbocycles. The Morgan fingerprint density at radius 3 is 2.69 bits per heavy atom. The quantitative estimate of drug-likeness (QED) is 0.865. The van der Waals surface area contributed by atoms with Gasteiger partial charge in [-0.1, -0.05) is 22.0 Å². The number of aliphatic hydroxyl groups is 1. The first-order chi connectivity index (χ1) is 6.02. The standard InChI is InChI=1S/C10H11BrO2/c1-6-3-4-8(11)5-9(6)10(13)7(2)12/h3-5,10,13H,1-2H3. The number of aliphatic hydroxyl groups excluding tert-OH is 1. The molecule has 0 spiro atoms. The van der Waals surface area contributed by atoms with E-state index in [1.165, 1.54) is 6.92 Å². The van der Waals surface area contributed by atoms with E-state index in [1.807, 2.05) is 19.1 Å². The summed E-state index contributed by atoms with van der Waals surface area (Å²) in [5.41, 5.74) is 1.59. The monoisotopic (exact) mass is 242 g/mol. The molecular formula is C10H11BrO2. The number of benzene rings is 1. The first kappa shape index (κ1) is 10.4. The largest absolute Gasteiger partial charge is 0.381 e. The average Bonchev–Trinajstić information content (AvgIpc) is 2.08. The summed E-state index contributed by atoms with van der Waals surface area (Å²) < 4.78 is 0.869. The third kappa shape index (κ3) is 2.39. The minimum atomic E-state index is -1.00. The van der Waals surface area contributed by atoms with Crippen LogP contribution in [0.4, 0.5) is 0 Å². The van der Waals surface area contributed by atoms with Gasteiger partial charge < -0.3 is 5.11 Å². The number of halogens is 1. The summed E-state index contributed by atoms with van der Waals surface area (Å²) in [4.78, 5) is 10.9. The highest BCUT2D eigenvalue weighted by molar-refractivity contribution is 9.10. The fourth-order valence-corrected chi connectivity index (χ4v) is 1.50. The van der Waals surface area contributed by atoms with Crippen molar-refractivity contribution in [2.75, 3.05) is 0 Å². The van der Waals surface area contributed by atoms with Crippen molar-refractivity contribution >= 4 is 21.7 Å². The van der Waals surface area contributed by atoms with Gasteiger partial charge in [-0.15, -0.1) is 0 Å². The number of ketones is 1. The second-order valence-electron chi connectivity index (χ2n) is 3.01. The number of rotatable bonds is 2. The van der Waals surface area contributed by atoms with Crippen LogP contribution in [0.15, 0.2) is 22.7 Å². The van der Waals surface area contributed by atoms with Crippen molar-refractivity contribution in [3.63, 3.8) is 0 Å². The molecule has 0 radical (unpaired) electrons. The molecule has 2 nitrogen and oxygen atoms in total.